The van der Waals surface area contributed by atoms with Gasteiger partial charge in [-0.25, -0.2) is 0 Å². The second-order valence-electron chi connectivity index (χ2n) is 12.3. The van der Waals surface area contributed by atoms with Crippen molar-refractivity contribution >= 4 is 91.5 Å². The fourth-order valence-corrected chi connectivity index (χ4v) is 73.7. The van der Waals surface area contributed by atoms with Gasteiger partial charge in [0.2, 0.25) is 0 Å². The van der Waals surface area contributed by atoms with Crippen molar-refractivity contribution in [1.82, 2.24) is 0 Å². The van der Waals surface area contributed by atoms with Crippen LogP contribution in [-0.2, 0) is 0 Å². The molecule has 0 unspecified atom stereocenters. The van der Waals surface area contributed by atoms with E-state index in [-0.39, 0.29) is 59.6 Å². The molecule has 6 aromatic carbocycles. The summed E-state index contributed by atoms with van der Waals surface area (Å²) >= 11 is 0. The third-order valence-corrected chi connectivity index (χ3v) is 60.9. The molecular weight excluding hydrogens is 752 g/mol. The van der Waals surface area contributed by atoms with E-state index in [1.54, 1.807) is 31.8 Å². The van der Waals surface area contributed by atoms with E-state index >= 15 is 0 Å². The topological polar surface area (TPSA) is 0 Å². The summed E-state index contributed by atoms with van der Waals surface area (Å²) in [6, 6.07) is 70.9. The molecule has 2 fully saturated rings. The summed E-state index contributed by atoms with van der Waals surface area (Å²) in [6.45, 7) is -0.326. The van der Waals surface area contributed by atoms with Gasteiger partial charge >= 0.3 is 0 Å². The molecule has 2 saturated heterocycles. The molecule has 2 aliphatic rings. The second-order valence-corrected chi connectivity index (χ2v) is 45.5. The second kappa shape index (κ2) is 17.7. The van der Waals surface area contributed by atoms with Gasteiger partial charge in [-0.05, 0) is 128 Å². The highest BCUT2D eigenvalue weighted by Crippen LogP contribution is 3.04. The molecule has 0 saturated carbocycles. The lowest BCUT2D eigenvalue weighted by molar-refractivity contribution is 1.53. The highest BCUT2D eigenvalue weighted by Gasteiger charge is 2.45. The zero-order chi connectivity index (χ0) is 33.5. The molecule has 50 heavy (non-hydrogen) atoms. The van der Waals surface area contributed by atoms with Crippen molar-refractivity contribution in [2.24, 2.45) is 0 Å². The molecule has 0 aromatic heterocycles. The monoisotopic (exact) mass is 794 g/mol. The van der Waals surface area contributed by atoms with Crippen molar-refractivity contribution in [3.63, 3.8) is 0 Å². The third kappa shape index (κ3) is 8.13. The van der Waals surface area contributed by atoms with E-state index in [4.69, 9.17) is 0 Å². The van der Waals surface area contributed by atoms with Gasteiger partial charge < -0.3 is 0 Å². The zero-order valence-electron chi connectivity index (χ0n) is 28.1. The standard InChI is InChI=1S/C42H42P8/c1-7-19-37(20-8-1)43-31-32-44(38-21-9-2-10-22-38)49(43)47(41-27-15-5-16-28-41)35-36-48(42-29-17-6-18-30-42)50-45(39-23-11-3-12-24-39)33-34-46(50)40-25-13-4-14-26-40/h1-30H,31-36H2/t43-,44-,45+,46+,47+,48-. The summed E-state index contributed by atoms with van der Waals surface area (Å²) in [4.78, 5) is 0. The van der Waals surface area contributed by atoms with E-state index in [0.29, 0.717) is 0 Å². The van der Waals surface area contributed by atoms with Gasteiger partial charge in [0, 0.05) is 0 Å². The molecule has 8 heteroatoms. The van der Waals surface area contributed by atoms with Crippen LogP contribution in [0.2, 0.25) is 0 Å². The lowest BCUT2D eigenvalue weighted by atomic mass is 10.4. The molecule has 0 bridgehead atoms. The zero-order valence-corrected chi connectivity index (χ0v) is 35.3. The molecular formula is C42H42P8. The number of hydrogen-bond donors (Lipinski definition) is 0. The van der Waals surface area contributed by atoms with Gasteiger partial charge in [-0.15, -0.1) is 0 Å². The highest BCUT2D eigenvalue weighted by molar-refractivity contribution is 8.88. The number of hydrogen-bond acceptors (Lipinski definition) is 0. The first-order valence-electron chi connectivity index (χ1n) is 17.4. The summed E-state index contributed by atoms with van der Waals surface area (Å²) in [6.07, 6.45) is 8.34. The largest absolute Gasteiger partial charge is 0.0622 e. The summed E-state index contributed by atoms with van der Waals surface area (Å²) < 4.78 is 0. The summed E-state index contributed by atoms with van der Waals surface area (Å²) in [7, 11) is -1.27. The van der Waals surface area contributed by atoms with E-state index in [2.05, 4.69) is 182 Å². The van der Waals surface area contributed by atoms with Gasteiger partial charge in [-0.2, -0.15) is 0 Å². The van der Waals surface area contributed by atoms with Crippen LogP contribution >= 0.6 is 59.6 Å². The van der Waals surface area contributed by atoms with Crippen molar-refractivity contribution in [2.45, 2.75) is 0 Å². The van der Waals surface area contributed by atoms with Crippen molar-refractivity contribution in [1.29, 1.82) is 0 Å². The summed E-state index contributed by atoms with van der Waals surface area (Å²) in [5, 5.41) is 9.96. The molecule has 6 atom stereocenters. The summed E-state index contributed by atoms with van der Waals surface area (Å²) in [5.41, 5.74) is 0. The molecule has 0 radical (unpaired) electrons. The van der Waals surface area contributed by atoms with Crippen LogP contribution in [0.15, 0.2) is 182 Å². The lowest BCUT2D eigenvalue weighted by Crippen LogP contribution is -2.10. The van der Waals surface area contributed by atoms with Gasteiger partial charge in [0.25, 0.3) is 0 Å². The van der Waals surface area contributed by atoms with E-state index in [1.807, 2.05) is 0 Å². The maximum Gasteiger partial charge on any atom is -0.0172 e. The molecule has 8 rings (SSSR count). The minimum atomic E-state index is -0.294. The molecule has 250 valence electrons. The Bertz CT molecular complexity index is 1660. The Labute approximate surface area is 308 Å². The van der Waals surface area contributed by atoms with Gasteiger partial charge in [0.1, 0.15) is 0 Å². The average Bonchev–Trinajstić information content (AvgIpc) is 3.84. The normalized spacial score (nSPS) is 22.3. The SMILES string of the molecule is c1ccc([P@@]2CC[P@](c3ccccc3)P2[P@@](CC[P@](c2ccccc2)P2[P@](c3ccccc3)CC[P@@]2c2ccccc2)c2ccccc2)cc1. The first-order chi connectivity index (χ1) is 24.8. The molecule has 6 aromatic rings. The quantitative estimate of drug-likeness (QED) is 0.115. The Hall–Kier alpha value is -1.24. The van der Waals surface area contributed by atoms with Gasteiger partial charge in [0.05, 0.1) is 0 Å². The fraction of sp³-hybridized carbons (Fsp3) is 0.143. The van der Waals surface area contributed by atoms with Gasteiger partial charge in [-0.3, -0.25) is 0 Å². The van der Waals surface area contributed by atoms with E-state index in [1.165, 1.54) is 37.0 Å². The average molecular weight is 795 g/mol. The van der Waals surface area contributed by atoms with Crippen LogP contribution in [-0.4, -0.2) is 37.0 Å². The molecule has 0 spiro atoms. The Kier molecular flexibility index (Phi) is 12.7. The predicted molar refractivity (Wildman–Crippen MR) is 241 cm³/mol. The van der Waals surface area contributed by atoms with Crippen molar-refractivity contribution in [2.75, 3.05) is 37.0 Å². The van der Waals surface area contributed by atoms with E-state index in [0.717, 1.165) is 0 Å². The minimum absolute atomic E-state index is 0.163. The molecule has 2 heterocycles. The van der Waals surface area contributed by atoms with E-state index in [9.17, 15) is 0 Å². The third-order valence-electron chi connectivity index (χ3n) is 9.19. The Morgan fingerprint density at radius 3 is 0.760 bits per heavy atom. The Balaban J connectivity index is 1.22. The smallest absolute Gasteiger partial charge is 0.0172 e. The van der Waals surface area contributed by atoms with Crippen LogP contribution in [0.1, 0.15) is 0 Å². The molecule has 2 aliphatic heterocycles. The predicted octanol–water partition coefficient (Wildman–Crippen LogP) is 12.3. The fourth-order valence-electron chi connectivity index (χ4n) is 6.88. The molecule has 0 N–H and O–H groups in total. The van der Waals surface area contributed by atoms with Crippen molar-refractivity contribution in [3.8, 4) is 0 Å². The highest BCUT2D eigenvalue weighted by atomic mass is 32.8. The molecule has 0 amide bonds. The lowest BCUT2D eigenvalue weighted by Gasteiger charge is -2.38. The number of rotatable bonds is 11. The van der Waals surface area contributed by atoms with Gasteiger partial charge in [0.15, 0.2) is 0 Å². The first-order valence-corrected chi connectivity index (χ1v) is 33.5. The number of benzene rings is 6. The first kappa shape index (κ1) is 35.8. The maximum absolute atomic E-state index is 2.52. The van der Waals surface area contributed by atoms with Crippen LogP contribution in [0.3, 0.4) is 0 Å². The van der Waals surface area contributed by atoms with Gasteiger partial charge in [-0.1, -0.05) is 182 Å². The van der Waals surface area contributed by atoms with E-state index < -0.39 is 0 Å². The minimum Gasteiger partial charge on any atom is -0.0622 e. The maximum atomic E-state index is 2.52. The van der Waals surface area contributed by atoms with Crippen LogP contribution in [0, 0.1) is 0 Å². The van der Waals surface area contributed by atoms with Crippen LogP contribution < -0.4 is 31.8 Å². The summed E-state index contributed by atoms with van der Waals surface area (Å²) in [5.74, 6) is 0. The van der Waals surface area contributed by atoms with Crippen LogP contribution in [0.5, 0.6) is 0 Å². The van der Waals surface area contributed by atoms with Crippen LogP contribution in [0.4, 0.5) is 0 Å². The Morgan fingerprint density at radius 1 is 0.300 bits per heavy atom. The molecule has 0 nitrogen and oxygen atoms in total. The Morgan fingerprint density at radius 2 is 0.520 bits per heavy atom. The molecule has 0 aliphatic carbocycles. The van der Waals surface area contributed by atoms with Crippen molar-refractivity contribution < 1.29 is 0 Å². The van der Waals surface area contributed by atoms with Crippen molar-refractivity contribution in [3.05, 3.63) is 182 Å². The van der Waals surface area contributed by atoms with Crippen LogP contribution in [0.25, 0.3) is 0 Å².